The van der Waals surface area contributed by atoms with Crippen LogP contribution in [0.15, 0.2) is 23.2 Å². The standard InChI is InChI=1S/C19H23N3.ClH/c1-2-4-13(5-3-1)14-6-7-17-16(12-14)15-8-9-20-19-18(15)22(17)11-10-21-19;/h6-7,12-13H,1-5,8-11H2,(H,20,21);1H. The summed E-state index contributed by atoms with van der Waals surface area (Å²) in [7, 11) is 0. The average Bonchev–Trinajstić information content (AvgIpc) is 2.92. The first-order valence-electron chi connectivity index (χ1n) is 8.85. The Balaban J connectivity index is 0.00000135. The molecule has 23 heavy (non-hydrogen) atoms. The predicted molar refractivity (Wildman–Crippen MR) is 98.1 cm³/mol. The summed E-state index contributed by atoms with van der Waals surface area (Å²) in [5.74, 6) is 1.92. The Labute approximate surface area is 143 Å². The van der Waals surface area contributed by atoms with Gasteiger partial charge in [-0.3, -0.25) is 4.99 Å². The Morgan fingerprint density at radius 2 is 2.00 bits per heavy atom. The molecule has 3 heterocycles. The van der Waals surface area contributed by atoms with E-state index in [1.165, 1.54) is 54.3 Å². The van der Waals surface area contributed by atoms with Gasteiger partial charge >= 0.3 is 0 Å². The zero-order valence-corrected chi connectivity index (χ0v) is 14.3. The first kappa shape index (κ1) is 15.1. The molecule has 1 N–H and O–H groups in total. The van der Waals surface area contributed by atoms with E-state index in [0.29, 0.717) is 0 Å². The summed E-state index contributed by atoms with van der Waals surface area (Å²) in [5, 5.41) is 4.98. The zero-order valence-electron chi connectivity index (χ0n) is 13.5. The second-order valence-electron chi connectivity index (χ2n) is 7.00. The van der Waals surface area contributed by atoms with Crippen LogP contribution in [-0.2, 0) is 13.0 Å². The van der Waals surface area contributed by atoms with Gasteiger partial charge in [-0.2, -0.15) is 0 Å². The molecule has 1 saturated carbocycles. The summed E-state index contributed by atoms with van der Waals surface area (Å²) < 4.78 is 2.49. The summed E-state index contributed by atoms with van der Waals surface area (Å²) in [6.45, 7) is 3.00. The van der Waals surface area contributed by atoms with E-state index >= 15 is 0 Å². The molecule has 0 amide bonds. The van der Waals surface area contributed by atoms with E-state index in [1.54, 1.807) is 5.56 Å². The van der Waals surface area contributed by atoms with Crippen molar-refractivity contribution in [1.82, 2.24) is 9.88 Å². The van der Waals surface area contributed by atoms with Crippen molar-refractivity contribution < 1.29 is 0 Å². The van der Waals surface area contributed by atoms with Gasteiger partial charge in [-0.1, -0.05) is 25.3 Å². The van der Waals surface area contributed by atoms with Gasteiger partial charge < -0.3 is 9.88 Å². The maximum absolute atomic E-state index is 4.69. The van der Waals surface area contributed by atoms with Crippen LogP contribution in [0.5, 0.6) is 0 Å². The van der Waals surface area contributed by atoms with Gasteiger partial charge in [0.15, 0.2) is 0 Å². The molecule has 1 aromatic carbocycles. The highest BCUT2D eigenvalue weighted by Crippen LogP contribution is 2.37. The van der Waals surface area contributed by atoms with Crippen LogP contribution >= 0.6 is 12.4 Å². The molecule has 3 aliphatic rings. The molecule has 0 radical (unpaired) electrons. The van der Waals surface area contributed by atoms with Crippen molar-refractivity contribution in [3.8, 4) is 0 Å². The molecule has 0 unspecified atom stereocenters. The fourth-order valence-corrected chi connectivity index (χ4v) is 4.67. The van der Waals surface area contributed by atoms with Crippen LogP contribution in [0.1, 0.15) is 54.8 Å². The lowest BCUT2D eigenvalue weighted by atomic mass is 9.83. The van der Waals surface area contributed by atoms with Crippen molar-refractivity contribution in [2.45, 2.75) is 51.0 Å². The van der Waals surface area contributed by atoms with Crippen molar-refractivity contribution in [2.24, 2.45) is 4.99 Å². The maximum atomic E-state index is 4.69. The third-order valence-electron chi connectivity index (χ3n) is 5.75. The minimum Gasteiger partial charge on any atom is -0.367 e. The van der Waals surface area contributed by atoms with Crippen molar-refractivity contribution in [1.29, 1.82) is 0 Å². The summed E-state index contributed by atoms with van der Waals surface area (Å²) in [6.07, 6.45) is 8.09. The number of halogens is 1. The number of amidine groups is 1. The molecule has 2 aliphatic heterocycles. The number of aliphatic imine (C=N–C) groups is 1. The fraction of sp³-hybridized carbons (Fsp3) is 0.526. The van der Waals surface area contributed by atoms with Crippen LogP contribution in [-0.4, -0.2) is 23.5 Å². The third-order valence-corrected chi connectivity index (χ3v) is 5.75. The van der Waals surface area contributed by atoms with Gasteiger partial charge in [0.2, 0.25) is 0 Å². The Morgan fingerprint density at radius 1 is 1.13 bits per heavy atom. The zero-order chi connectivity index (χ0) is 14.5. The molecule has 122 valence electrons. The van der Waals surface area contributed by atoms with Crippen LogP contribution in [0, 0.1) is 0 Å². The number of nitrogens with one attached hydrogen (secondary N) is 1. The number of rotatable bonds is 1. The van der Waals surface area contributed by atoms with Crippen LogP contribution in [0.3, 0.4) is 0 Å². The van der Waals surface area contributed by atoms with Gasteiger partial charge in [0, 0.05) is 30.5 Å². The molecule has 5 rings (SSSR count). The van der Waals surface area contributed by atoms with Crippen LogP contribution < -0.4 is 5.32 Å². The van der Waals surface area contributed by atoms with Gasteiger partial charge in [0.1, 0.15) is 5.84 Å². The molecule has 0 bridgehead atoms. The second-order valence-corrected chi connectivity index (χ2v) is 7.00. The van der Waals surface area contributed by atoms with Gasteiger partial charge in [-0.15, -0.1) is 12.4 Å². The highest BCUT2D eigenvalue weighted by molar-refractivity contribution is 6.06. The Bertz CT molecular complexity index is 769. The molecule has 2 aromatic rings. The van der Waals surface area contributed by atoms with Crippen LogP contribution in [0.25, 0.3) is 10.9 Å². The number of fused-ring (bicyclic) bond motifs is 3. The van der Waals surface area contributed by atoms with E-state index in [1.807, 2.05) is 0 Å². The monoisotopic (exact) mass is 329 g/mol. The van der Waals surface area contributed by atoms with Crippen molar-refractivity contribution in [2.75, 3.05) is 13.1 Å². The maximum Gasteiger partial charge on any atom is 0.145 e. The molecule has 0 saturated heterocycles. The molecule has 0 atom stereocenters. The molecule has 1 aliphatic carbocycles. The van der Waals surface area contributed by atoms with Crippen molar-refractivity contribution in [3.05, 3.63) is 35.0 Å². The Kier molecular flexibility index (Phi) is 3.84. The van der Waals surface area contributed by atoms with E-state index in [4.69, 9.17) is 4.99 Å². The molecular weight excluding hydrogens is 306 g/mol. The molecule has 1 aromatic heterocycles. The van der Waals surface area contributed by atoms with Gasteiger partial charge in [0.05, 0.1) is 5.69 Å². The molecule has 4 heteroatoms. The van der Waals surface area contributed by atoms with Gasteiger partial charge in [-0.25, -0.2) is 0 Å². The van der Waals surface area contributed by atoms with Crippen molar-refractivity contribution >= 4 is 29.1 Å². The van der Waals surface area contributed by atoms with Crippen LogP contribution in [0.2, 0.25) is 0 Å². The first-order chi connectivity index (χ1) is 10.9. The lowest BCUT2D eigenvalue weighted by Gasteiger charge is -2.23. The molecule has 0 spiro atoms. The smallest absolute Gasteiger partial charge is 0.145 e. The number of hydrogen-bond acceptors (Lipinski definition) is 2. The summed E-state index contributed by atoms with van der Waals surface area (Å²) in [4.78, 5) is 4.69. The highest BCUT2D eigenvalue weighted by atomic mass is 35.5. The topological polar surface area (TPSA) is 29.3 Å². The lowest BCUT2D eigenvalue weighted by Crippen LogP contribution is -2.38. The van der Waals surface area contributed by atoms with E-state index < -0.39 is 0 Å². The lowest BCUT2D eigenvalue weighted by molar-refractivity contribution is 0.444. The fourth-order valence-electron chi connectivity index (χ4n) is 4.67. The predicted octanol–water partition coefficient (Wildman–Crippen LogP) is 4.02. The minimum atomic E-state index is 0. The summed E-state index contributed by atoms with van der Waals surface area (Å²) >= 11 is 0. The highest BCUT2D eigenvalue weighted by Gasteiger charge is 2.27. The average molecular weight is 330 g/mol. The van der Waals surface area contributed by atoms with Crippen molar-refractivity contribution in [3.63, 3.8) is 0 Å². The largest absolute Gasteiger partial charge is 0.367 e. The quantitative estimate of drug-likeness (QED) is 0.841. The molecule has 3 nitrogen and oxygen atoms in total. The minimum absolute atomic E-state index is 0. The van der Waals surface area contributed by atoms with E-state index in [-0.39, 0.29) is 12.4 Å². The SMILES string of the molecule is Cl.c1cc2c(cc1C1CCCCC1)c1c3n2CCNC3=NCC1. The third kappa shape index (κ3) is 2.28. The second kappa shape index (κ2) is 5.86. The number of hydrogen-bond donors (Lipinski definition) is 1. The van der Waals surface area contributed by atoms with E-state index in [0.717, 1.165) is 37.8 Å². The van der Waals surface area contributed by atoms with E-state index in [2.05, 4.69) is 28.1 Å². The number of aromatic nitrogens is 1. The number of nitrogens with zero attached hydrogens (tertiary/aromatic N) is 2. The van der Waals surface area contributed by atoms with Gasteiger partial charge in [-0.05, 0) is 48.4 Å². The summed E-state index contributed by atoms with van der Waals surface area (Å²) in [5.41, 5.74) is 5.89. The number of benzene rings is 1. The Morgan fingerprint density at radius 3 is 2.87 bits per heavy atom. The van der Waals surface area contributed by atoms with Gasteiger partial charge in [0.25, 0.3) is 0 Å². The Hall–Kier alpha value is -1.48. The first-order valence-corrected chi connectivity index (χ1v) is 8.85. The van der Waals surface area contributed by atoms with E-state index in [9.17, 15) is 0 Å². The normalized spacial score (nSPS) is 20.4. The molecular formula is C19H24ClN3. The molecule has 1 fully saturated rings. The summed E-state index contributed by atoms with van der Waals surface area (Å²) in [6, 6.07) is 7.28. The van der Waals surface area contributed by atoms with Crippen LogP contribution in [0.4, 0.5) is 0 Å².